The van der Waals surface area contributed by atoms with Crippen LogP contribution in [-0.4, -0.2) is 69.6 Å². The Balaban J connectivity index is 1.51. The van der Waals surface area contributed by atoms with E-state index in [1.165, 1.54) is 4.90 Å². The molecule has 9 nitrogen and oxygen atoms in total. The van der Waals surface area contributed by atoms with Crippen molar-refractivity contribution in [1.29, 1.82) is 0 Å². The van der Waals surface area contributed by atoms with Crippen LogP contribution < -0.4 is 15.5 Å². The Hall–Kier alpha value is -3.15. The van der Waals surface area contributed by atoms with Gasteiger partial charge in [-0.1, -0.05) is 13.8 Å². The maximum Gasteiger partial charge on any atom is 0.333 e. The Morgan fingerprint density at radius 2 is 2.03 bits per heavy atom. The summed E-state index contributed by atoms with van der Waals surface area (Å²) in [7, 11) is 0. The van der Waals surface area contributed by atoms with Gasteiger partial charge in [-0.2, -0.15) is 0 Å². The van der Waals surface area contributed by atoms with E-state index in [1.54, 1.807) is 31.8 Å². The minimum Gasteiger partial charge on any atom is -0.368 e. The van der Waals surface area contributed by atoms with Crippen molar-refractivity contribution in [3.63, 3.8) is 0 Å². The molecule has 2 aromatic rings. The van der Waals surface area contributed by atoms with E-state index >= 15 is 0 Å². The van der Waals surface area contributed by atoms with Crippen molar-refractivity contribution in [3.8, 4) is 11.4 Å². The number of imide groups is 1. The molecule has 2 saturated heterocycles. The molecule has 0 aliphatic carbocycles. The number of primary amides is 1. The van der Waals surface area contributed by atoms with Crippen LogP contribution in [0.3, 0.4) is 0 Å². The Kier molecular flexibility index (Phi) is 6.39. The van der Waals surface area contributed by atoms with E-state index in [1.807, 2.05) is 27.7 Å². The van der Waals surface area contributed by atoms with Gasteiger partial charge in [-0.25, -0.2) is 18.6 Å². The molecule has 3 aliphatic heterocycles. The summed E-state index contributed by atoms with van der Waals surface area (Å²) in [6.07, 6.45) is 0.533. The number of alkyl halides is 2. The standard InChI is InChI=1S/C24H28F2N6O3S/c1-13(2)20-23(34)31(11-18(25)26)24(35)32(20)19-12-29-8-9-36-17-10-14(5-6-15(17)22(29)28-19)30-7-3-4-16(30)21(27)33/h5-6,10,12-13,16,18,20H,3-4,7-9,11H2,1-2H3,(H2,27,33)/t16-,20?/m0/s1. The molecular formula is C24H28F2N6O3S. The SMILES string of the molecule is CC(C)C1C(=O)N(CC(F)F)C(=O)N1c1cn2c(n1)-c1ccc(N3CCC[C@H]3C(N)=O)cc1SCC2. The summed E-state index contributed by atoms with van der Waals surface area (Å²) in [5.41, 5.74) is 7.39. The Bertz CT molecular complexity index is 1220. The fraction of sp³-hybridized carbons (Fsp3) is 0.500. The highest BCUT2D eigenvalue weighted by atomic mass is 32.2. The first-order valence-corrected chi connectivity index (χ1v) is 13.0. The number of thioether (sulfide) groups is 1. The van der Waals surface area contributed by atoms with Crippen LogP contribution in [-0.2, 0) is 16.1 Å². The number of carbonyl (C=O) groups is 3. The predicted molar refractivity (Wildman–Crippen MR) is 132 cm³/mol. The third-order valence-corrected chi connectivity index (χ3v) is 7.94. The highest BCUT2D eigenvalue weighted by Crippen LogP contribution is 2.40. The quantitative estimate of drug-likeness (QED) is 0.589. The van der Waals surface area contributed by atoms with E-state index in [2.05, 4.69) is 0 Å². The van der Waals surface area contributed by atoms with Crippen molar-refractivity contribution in [2.24, 2.45) is 11.7 Å². The van der Waals surface area contributed by atoms with E-state index < -0.39 is 31.0 Å². The Labute approximate surface area is 211 Å². The molecule has 192 valence electrons. The molecule has 36 heavy (non-hydrogen) atoms. The first kappa shape index (κ1) is 24.5. The lowest BCUT2D eigenvalue weighted by Gasteiger charge is -2.25. The number of hydrogen-bond donors (Lipinski definition) is 1. The minimum absolute atomic E-state index is 0.272. The van der Waals surface area contributed by atoms with Gasteiger partial charge in [0.15, 0.2) is 5.82 Å². The maximum atomic E-state index is 13.1. The molecular weight excluding hydrogens is 490 g/mol. The fourth-order valence-corrected chi connectivity index (χ4v) is 6.29. The Morgan fingerprint density at radius 3 is 2.72 bits per heavy atom. The molecule has 0 bridgehead atoms. The van der Waals surface area contributed by atoms with Gasteiger partial charge < -0.3 is 15.2 Å². The molecule has 1 aromatic heterocycles. The van der Waals surface area contributed by atoms with Crippen LogP contribution >= 0.6 is 11.8 Å². The second kappa shape index (κ2) is 9.38. The number of aryl methyl sites for hydroxylation is 1. The summed E-state index contributed by atoms with van der Waals surface area (Å²) in [6, 6.07) is 3.93. The zero-order chi connectivity index (χ0) is 25.7. The number of halogens is 2. The zero-order valence-electron chi connectivity index (χ0n) is 20.1. The van der Waals surface area contributed by atoms with Gasteiger partial charge in [0.1, 0.15) is 17.9 Å². The van der Waals surface area contributed by atoms with Gasteiger partial charge in [0.2, 0.25) is 5.91 Å². The summed E-state index contributed by atoms with van der Waals surface area (Å²) in [4.78, 5) is 47.5. The van der Waals surface area contributed by atoms with Gasteiger partial charge in [-0.3, -0.25) is 19.4 Å². The fourth-order valence-electron chi connectivity index (χ4n) is 5.27. The molecule has 2 N–H and O–H groups in total. The first-order chi connectivity index (χ1) is 17.2. The molecule has 3 aliphatic rings. The second-order valence-electron chi connectivity index (χ2n) is 9.58. The third-order valence-electron chi connectivity index (χ3n) is 6.91. The summed E-state index contributed by atoms with van der Waals surface area (Å²) >= 11 is 1.68. The van der Waals surface area contributed by atoms with E-state index in [0.717, 1.165) is 41.3 Å². The number of urea groups is 1. The van der Waals surface area contributed by atoms with E-state index in [0.29, 0.717) is 17.3 Å². The lowest BCUT2D eigenvalue weighted by molar-refractivity contribution is -0.129. The van der Waals surface area contributed by atoms with Gasteiger partial charge in [-0.05, 0) is 37.0 Å². The van der Waals surface area contributed by atoms with Crippen LogP contribution in [0.25, 0.3) is 11.4 Å². The molecule has 0 saturated carbocycles. The number of benzene rings is 1. The zero-order valence-corrected chi connectivity index (χ0v) is 20.9. The minimum atomic E-state index is -2.81. The highest BCUT2D eigenvalue weighted by molar-refractivity contribution is 7.99. The second-order valence-corrected chi connectivity index (χ2v) is 10.7. The monoisotopic (exact) mass is 518 g/mol. The average molecular weight is 519 g/mol. The Morgan fingerprint density at radius 1 is 1.25 bits per heavy atom. The summed E-state index contributed by atoms with van der Waals surface area (Å²) in [5.74, 6) is 0.411. The average Bonchev–Trinajstić information content (AvgIpc) is 3.49. The van der Waals surface area contributed by atoms with Crippen molar-refractivity contribution in [2.75, 3.05) is 28.6 Å². The summed E-state index contributed by atoms with van der Waals surface area (Å²) in [6.45, 7) is 4.00. The number of rotatable bonds is 6. The lowest BCUT2D eigenvalue weighted by atomic mass is 10.0. The van der Waals surface area contributed by atoms with Gasteiger partial charge >= 0.3 is 6.03 Å². The molecule has 1 unspecified atom stereocenters. The van der Waals surface area contributed by atoms with Crippen molar-refractivity contribution in [1.82, 2.24) is 14.5 Å². The third kappa shape index (κ3) is 4.10. The first-order valence-electron chi connectivity index (χ1n) is 12.0. The van der Waals surface area contributed by atoms with Crippen molar-refractivity contribution in [3.05, 3.63) is 24.4 Å². The topological polar surface area (TPSA) is 105 Å². The number of hydrogen-bond acceptors (Lipinski definition) is 6. The van der Waals surface area contributed by atoms with Crippen LogP contribution in [0.15, 0.2) is 29.3 Å². The number of carbonyl (C=O) groups excluding carboxylic acids is 3. The van der Waals surface area contributed by atoms with Crippen LogP contribution in [0.4, 0.5) is 25.1 Å². The molecule has 2 fully saturated rings. The number of amides is 4. The van der Waals surface area contributed by atoms with Crippen LogP contribution in [0.5, 0.6) is 0 Å². The van der Waals surface area contributed by atoms with Crippen LogP contribution in [0, 0.1) is 5.92 Å². The number of fused-ring (bicyclic) bond motifs is 3. The van der Waals surface area contributed by atoms with Crippen molar-refractivity contribution in [2.45, 2.75) is 56.6 Å². The van der Waals surface area contributed by atoms with Gasteiger partial charge in [-0.15, -0.1) is 11.8 Å². The van der Waals surface area contributed by atoms with E-state index in [9.17, 15) is 23.2 Å². The molecule has 1 aromatic carbocycles. The number of anilines is 2. The molecule has 2 atom stereocenters. The van der Waals surface area contributed by atoms with Crippen molar-refractivity contribution < 1.29 is 23.2 Å². The largest absolute Gasteiger partial charge is 0.368 e. The molecule has 4 amide bonds. The molecule has 12 heteroatoms. The van der Waals surface area contributed by atoms with Crippen LogP contribution in [0.2, 0.25) is 0 Å². The van der Waals surface area contributed by atoms with E-state index in [-0.39, 0.29) is 23.7 Å². The molecule has 0 radical (unpaired) electrons. The highest BCUT2D eigenvalue weighted by Gasteiger charge is 2.49. The number of nitrogens with zero attached hydrogens (tertiary/aromatic N) is 5. The smallest absolute Gasteiger partial charge is 0.333 e. The van der Waals surface area contributed by atoms with E-state index in [4.69, 9.17) is 10.7 Å². The molecule has 4 heterocycles. The van der Waals surface area contributed by atoms with Crippen molar-refractivity contribution >= 4 is 41.1 Å². The molecule has 0 spiro atoms. The van der Waals surface area contributed by atoms with Gasteiger partial charge in [0, 0.05) is 41.2 Å². The van der Waals surface area contributed by atoms with Gasteiger partial charge in [0.05, 0.1) is 6.54 Å². The maximum absolute atomic E-state index is 13.1. The number of imidazole rings is 1. The molecule has 5 rings (SSSR count). The number of nitrogens with two attached hydrogens (primary N) is 1. The summed E-state index contributed by atoms with van der Waals surface area (Å²) in [5, 5.41) is 0. The number of aromatic nitrogens is 2. The summed E-state index contributed by atoms with van der Waals surface area (Å²) < 4.78 is 28.1. The lowest BCUT2D eigenvalue weighted by Crippen LogP contribution is -2.40. The predicted octanol–water partition coefficient (Wildman–Crippen LogP) is 3.17. The van der Waals surface area contributed by atoms with Crippen LogP contribution in [0.1, 0.15) is 26.7 Å². The normalized spacial score (nSPS) is 22.0. The van der Waals surface area contributed by atoms with Gasteiger partial charge in [0.25, 0.3) is 12.3 Å².